The second-order valence-corrected chi connectivity index (χ2v) is 7.42. The van der Waals surface area contributed by atoms with Crippen molar-refractivity contribution in [2.24, 2.45) is 0 Å². The fourth-order valence-corrected chi connectivity index (χ4v) is 3.37. The van der Waals surface area contributed by atoms with Crippen molar-refractivity contribution in [3.05, 3.63) is 46.7 Å². The zero-order valence-electron chi connectivity index (χ0n) is 13.3. The molecule has 1 aromatic heterocycles. The zero-order valence-corrected chi connectivity index (χ0v) is 14.9. The molecule has 0 aliphatic rings. The van der Waals surface area contributed by atoms with Crippen molar-refractivity contribution in [3.8, 4) is 5.75 Å². The third kappa shape index (κ3) is 5.55. The van der Waals surface area contributed by atoms with E-state index in [9.17, 15) is 18.0 Å². The van der Waals surface area contributed by atoms with Gasteiger partial charge in [0.1, 0.15) is 5.75 Å². The van der Waals surface area contributed by atoms with Crippen LogP contribution >= 0.6 is 11.3 Å². The van der Waals surface area contributed by atoms with E-state index in [1.54, 1.807) is 17.5 Å². The first-order valence-electron chi connectivity index (χ1n) is 7.27. The molecule has 2 aromatic rings. The van der Waals surface area contributed by atoms with E-state index in [0.29, 0.717) is 17.2 Å². The Hall–Kier alpha value is -2.43. The Kier molecular flexibility index (Phi) is 6.51. The van der Waals surface area contributed by atoms with Crippen LogP contribution in [0.15, 0.2) is 46.7 Å². The van der Waals surface area contributed by atoms with Crippen LogP contribution in [0.5, 0.6) is 5.75 Å². The highest BCUT2D eigenvalue weighted by Crippen LogP contribution is 2.15. The average Bonchev–Trinajstić information content (AvgIpc) is 3.13. The largest absolute Gasteiger partial charge is 0.494 e. The number of hydrogen-bond acceptors (Lipinski definition) is 6. The summed E-state index contributed by atoms with van der Waals surface area (Å²) in [6.07, 6.45) is 0. The van der Waals surface area contributed by atoms with Crippen LogP contribution in [0.4, 0.5) is 0 Å². The molecule has 0 saturated carbocycles. The van der Waals surface area contributed by atoms with Gasteiger partial charge in [-0.3, -0.25) is 20.4 Å². The number of hydrogen-bond donors (Lipinski definition) is 3. The van der Waals surface area contributed by atoms with Gasteiger partial charge in [0, 0.05) is 0 Å². The van der Waals surface area contributed by atoms with Crippen molar-refractivity contribution in [1.29, 1.82) is 0 Å². The van der Waals surface area contributed by atoms with Crippen molar-refractivity contribution >= 4 is 33.2 Å². The van der Waals surface area contributed by atoms with Crippen LogP contribution in [-0.2, 0) is 14.8 Å². The van der Waals surface area contributed by atoms with Gasteiger partial charge in [0.05, 0.1) is 22.9 Å². The molecule has 134 valence electrons. The molecule has 1 aromatic carbocycles. The molecule has 0 unspecified atom stereocenters. The lowest BCUT2D eigenvalue weighted by atomic mass is 10.3. The Bertz CT molecular complexity index is 817. The van der Waals surface area contributed by atoms with Crippen LogP contribution in [0.25, 0.3) is 0 Å². The molecule has 25 heavy (non-hydrogen) atoms. The van der Waals surface area contributed by atoms with Gasteiger partial charge in [-0.1, -0.05) is 6.07 Å². The SMILES string of the molecule is CCOc1ccc(S(=O)(=O)NCC(=O)NNC(=O)c2cccs2)cc1. The first-order valence-corrected chi connectivity index (χ1v) is 9.64. The zero-order chi connectivity index (χ0) is 18.3. The highest BCUT2D eigenvalue weighted by atomic mass is 32.2. The minimum atomic E-state index is -3.85. The van der Waals surface area contributed by atoms with E-state index in [-0.39, 0.29) is 4.90 Å². The monoisotopic (exact) mass is 383 g/mol. The highest BCUT2D eigenvalue weighted by Gasteiger charge is 2.16. The lowest BCUT2D eigenvalue weighted by molar-refractivity contribution is -0.120. The van der Waals surface area contributed by atoms with Gasteiger partial charge in [-0.2, -0.15) is 0 Å². The third-order valence-electron chi connectivity index (χ3n) is 2.93. The number of rotatable bonds is 7. The molecule has 0 aliphatic heterocycles. The van der Waals surface area contributed by atoms with Crippen molar-refractivity contribution in [1.82, 2.24) is 15.6 Å². The summed E-state index contributed by atoms with van der Waals surface area (Å²) >= 11 is 1.22. The standard InChI is InChI=1S/C15H17N3O5S2/c1-2-23-11-5-7-12(8-6-11)25(21,22)16-10-14(19)17-18-15(20)13-4-3-9-24-13/h3-9,16H,2,10H2,1H3,(H,17,19)(H,18,20). The summed E-state index contributed by atoms with van der Waals surface area (Å²) in [6, 6.07) is 9.11. The normalized spacial score (nSPS) is 10.9. The van der Waals surface area contributed by atoms with Gasteiger partial charge in [0.25, 0.3) is 11.8 Å². The molecule has 3 N–H and O–H groups in total. The summed E-state index contributed by atoms with van der Waals surface area (Å²) in [7, 11) is -3.85. The van der Waals surface area contributed by atoms with Crippen LogP contribution in [0.3, 0.4) is 0 Å². The molecule has 0 saturated heterocycles. The molecule has 2 rings (SSSR count). The summed E-state index contributed by atoms with van der Waals surface area (Å²) in [6.45, 7) is 1.78. The molecule has 10 heteroatoms. The molecule has 8 nitrogen and oxygen atoms in total. The smallest absolute Gasteiger partial charge is 0.279 e. The van der Waals surface area contributed by atoms with Crippen LogP contribution in [0.2, 0.25) is 0 Å². The summed E-state index contributed by atoms with van der Waals surface area (Å²) in [5, 5.41) is 1.72. The van der Waals surface area contributed by atoms with Crippen molar-refractivity contribution in [2.45, 2.75) is 11.8 Å². The number of thiophene rings is 1. The first-order chi connectivity index (χ1) is 11.9. The number of benzene rings is 1. The molecule has 1 heterocycles. The summed E-state index contributed by atoms with van der Waals surface area (Å²) < 4.78 is 31.6. The van der Waals surface area contributed by atoms with E-state index in [2.05, 4.69) is 15.6 Å². The van der Waals surface area contributed by atoms with Gasteiger partial charge in [0.2, 0.25) is 10.0 Å². The second-order valence-electron chi connectivity index (χ2n) is 4.71. The molecular weight excluding hydrogens is 366 g/mol. The van der Waals surface area contributed by atoms with Crippen molar-refractivity contribution < 1.29 is 22.7 Å². The van der Waals surface area contributed by atoms with Gasteiger partial charge < -0.3 is 4.74 Å². The topological polar surface area (TPSA) is 114 Å². The summed E-state index contributed by atoms with van der Waals surface area (Å²) in [4.78, 5) is 23.7. The third-order valence-corrected chi connectivity index (χ3v) is 5.21. The van der Waals surface area contributed by atoms with E-state index in [0.717, 1.165) is 0 Å². The van der Waals surface area contributed by atoms with Gasteiger partial charge in [-0.15, -0.1) is 11.3 Å². The van der Waals surface area contributed by atoms with Gasteiger partial charge in [-0.05, 0) is 42.6 Å². The molecule has 0 aliphatic carbocycles. The Balaban J connectivity index is 1.84. The maximum Gasteiger partial charge on any atom is 0.279 e. The van der Waals surface area contributed by atoms with Gasteiger partial charge in [-0.25, -0.2) is 13.1 Å². The van der Waals surface area contributed by atoms with E-state index < -0.39 is 28.4 Å². The number of nitrogens with one attached hydrogen (secondary N) is 3. The lowest BCUT2D eigenvalue weighted by Gasteiger charge is -2.09. The molecule has 2 amide bonds. The predicted molar refractivity (Wildman–Crippen MR) is 92.7 cm³/mol. The van der Waals surface area contributed by atoms with Crippen LogP contribution in [0, 0.1) is 0 Å². The quantitative estimate of drug-likeness (QED) is 0.615. The molecule has 0 atom stereocenters. The maximum atomic E-state index is 12.1. The minimum absolute atomic E-state index is 0.00590. The van der Waals surface area contributed by atoms with E-state index in [1.165, 1.54) is 35.6 Å². The average molecular weight is 383 g/mol. The second kappa shape index (κ2) is 8.60. The predicted octanol–water partition coefficient (Wildman–Crippen LogP) is 0.886. The fourth-order valence-electron chi connectivity index (χ4n) is 1.77. The molecule has 0 spiro atoms. The summed E-state index contributed by atoms with van der Waals surface area (Å²) in [5.41, 5.74) is 4.34. The maximum absolute atomic E-state index is 12.1. The van der Waals surface area contributed by atoms with Crippen molar-refractivity contribution in [3.63, 3.8) is 0 Å². The lowest BCUT2D eigenvalue weighted by Crippen LogP contribution is -2.46. The van der Waals surface area contributed by atoms with Crippen LogP contribution < -0.4 is 20.3 Å². The van der Waals surface area contributed by atoms with Crippen molar-refractivity contribution in [2.75, 3.05) is 13.2 Å². The van der Waals surface area contributed by atoms with Crippen LogP contribution in [-0.4, -0.2) is 33.4 Å². The highest BCUT2D eigenvalue weighted by molar-refractivity contribution is 7.89. The van der Waals surface area contributed by atoms with E-state index >= 15 is 0 Å². The number of carbonyl (C=O) groups excluding carboxylic acids is 2. The van der Waals surface area contributed by atoms with Gasteiger partial charge >= 0.3 is 0 Å². The molecule has 0 fully saturated rings. The number of carbonyl (C=O) groups is 2. The molecule has 0 bridgehead atoms. The Morgan fingerprint density at radius 1 is 1.12 bits per heavy atom. The minimum Gasteiger partial charge on any atom is -0.494 e. The Labute approximate surface area is 149 Å². The first kappa shape index (κ1) is 18.9. The van der Waals surface area contributed by atoms with E-state index in [1.807, 2.05) is 6.92 Å². The fraction of sp³-hybridized carbons (Fsp3) is 0.200. The molecule has 0 radical (unpaired) electrons. The number of hydrazine groups is 1. The number of sulfonamides is 1. The Morgan fingerprint density at radius 3 is 2.44 bits per heavy atom. The number of amides is 2. The Morgan fingerprint density at radius 2 is 1.84 bits per heavy atom. The van der Waals surface area contributed by atoms with Gasteiger partial charge in [0.15, 0.2) is 0 Å². The molecular formula is C15H17N3O5S2. The number of ether oxygens (including phenoxy) is 1. The summed E-state index contributed by atoms with van der Waals surface area (Å²) in [5.74, 6) is -0.618. The van der Waals surface area contributed by atoms with Crippen LogP contribution in [0.1, 0.15) is 16.6 Å². The van der Waals surface area contributed by atoms with E-state index in [4.69, 9.17) is 4.74 Å².